The van der Waals surface area contributed by atoms with Crippen molar-refractivity contribution in [2.45, 2.75) is 58.3 Å². The first kappa shape index (κ1) is 17.0. The molecule has 0 saturated heterocycles. The Morgan fingerprint density at radius 3 is 1.79 bits per heavy atom. The van der Waals surface area contributed by atoms with E-state index in [4.69, 9.17) is 4.89 Å². The van der Waals surface area contributed by atoms with Gasteiger partial charge in [-0.25, -0.2) is 0 Å². The quantitative estimate of drug-likeness (QED) is 0.388. The van der Waals surface area contributed by atoms with Crippen LogP contribution in [0.5, 0.6) is 0 Å². The maximum absolute atomic E-state index is 10.3. The van der Waals surface area contributed by atoms with Crippen LogP contribution < -0.4 is 0 Å². The fourth-order valence-corrected chi connectivity index (χ4v) is 1.88. The van der Waals surface area contributed by atoms with Crippen LogP contribution in [0, 0.1) is 0 Å². The minimum Gasteiger partial charge on any atom is -0.161 e. The molecule has 0 saturated carbocycles. The molecule has 14 heavy (non-hydrogen) atoms. The predicted molar refractivity (Wildman–Crippen MR) is 57.3 cm³/mol. The second kappa shape index (κ2) is 13.6. The molecule has 1 atom stereocenters. The molecule has 86 valence electrons. The van der Waals surface area contributed by atoms with E-state index in [9.17, 15) is 4.57 Å². The standard InChI is InChI=1S/C10H21O2P.Fe/c1-2-3-4-5-6-7-8-9-10-13(11)12;/h2-10H2,1H3;/p+1. The third-order valence-corrected chi connectivity index (χ3v) is 2.90. The Labute approximate surface area is 99.2 Å². The van der Waals surface area contributed by atoms with Gasteiger partial charge >= 0.3 is 8.03 Å². The second-order valence-electron chi connectivity index (χ2n) is 3.55. The minimum atomic E-state index is -1.88. The summed E-state index contributed by atoms with van der Waals surface area (Å²) in [4.78, 5) is 8.53. The summed E-state index contributed by atoms with van der Waals surface area (Å²) in [7, 11) is -1.88. The Morgan fingerprint density at radius 2 is 1.36 bits per heavy atom. The van der Waals surface area contributed by atoms with Gasteiger partial charge in [-0.2, -0.15) is 4.89 Å². The Hall–Kier alpha value is 0.579. The van der Waals surface area contributed by atoms with Gasteiger partial charge in [-0.05, 0) is 17.4 Å². The smallest absolute Gasteiger partial charge is 0.161 e. The zero-order valence-electron chi connectivity index (χ0n) is 9.02. The van der Waals surface area contributed by atoms with Crippen molar-refractivity contribution in [3.8, 4) is 0 Å². The molecule has 0 aliphatic rings. The van der Waals surface area contributed by atoms with Gasteiger partial charge in [0.05, 0.1) is 0 Å². The Morgan fingerprint density at radius 1 is 0.929 bits per heavy atom. The van der Waals surface area contributed by atoms with Gasteiger partial charge in [-0.1, -0.05) is 45.4 Å². The molecule has 0 radical (unpaired) electrons. The molecule has 1 unspecified atom stereocenters. The predicted octanol–water partition coefficient (Wildman–Crippen LogP) is 3.86. The average Bonchev–Trinajstić information content (AvgIpc) is 2.09. The summed E-state index contributed by atoms with van der Waals surface area (Å²) in [5, 5.41) is 0. The van der Waals surface area contributed by atoms with Crippen molar-refractivity contribution in [3.05, 3.63) is 0 Å². The van der Waals surface area contributed by atoms with E-state index in [1.807, 2.05) is 0 Å². The van der Waals surface area contributed by atoms with Gasteiger partial charge in [0.1, 0.15) is 0 Å². The Balaban J connectivity index is 0. The van der Waals surface area contributed by atoms with E-state index in [1.54, 1.807) is 0 Å². The van der Waals surface area contributed by atoms with Crippen molar-refractivity contribution in [1.29, 1.82) is 0 Å². The molecule has 0 amide bonds. The zero-order valence-corrected chi connectivity index (χ0v) is 11.0. The van der Waals surface area contributed by atoms with Crippen LogP contribution >= 0.6 is 8.03 Å². The van der Waals surface area contributed by atoms with Crippen molar-refractivity contribution in [2.75, 3.05) is 6.16 Å². The van der Waals surface area contributed by atoms with Crippen LogP contribution in [0.25, 0.3) is 0 Å². The fourth-order valence-electron chi connectivity index (χ4n) is 1.38. The van der Waals surface area contributed by atoms with E-state index in [1.165, 1.54) is 38.5 Å². The number of unbranched alkanes of at least 4 members (excludes halogenated alkanes) is 7. The van der Waals surface area contributed by atoms with E-state index < -0.39 is 8.03 Å². The van der Waals surface area contributed by atoms with Crippen LogP contribution in [-0.2, 0) is 21.6 Å². The van der Waals surface area contributed by atoms with E-state index >= 15 is 0 Å². The topological polar surface area (TPSA) is 37.3 Å². The van der Waals surface area contributed by atoms with Gasteiger partial charge < -0.3 is 0 Å². The van der Waals surface area contributed by atoms with E-state index in [-0.39, 0.29) is 17.1 Å². The fraction of sp³-hybridized carbons (Fsp3) is 1.00. The first-order chi connectivity index (χ1) is 6.27. The normalized spacial score (nSPS) is 10.9. The van der Waals surface area contributed by atoms with Crippen molar-refractivity contribution in [2.24, 2.45) is 0 Å². The molecule has 0 aliphatic heterocycles. The first-order valence-corrected chi connectivity index (χ1v) is 6.80. The summed E-state index contributed by atoms with van der Waals surface area (Å²) in [5.74, 6) is 0. The molecular formula is C10H22FeO2P+. The van der Waals surface area contributed by atoms with E-state index in [0.717, 1.165) is 12.8 Å². The van der Waals surface area contributed by atoms with E-state index in [0.29, 0.717) is 6.16 Å². The molecule has 0 aliphatic carbocycles. The van der Waals surface area contributed by atoms with Crippen LogP contribution in [0.2, 0.25) is 0 Å². The molecule has 0 aromatic rings. The molecule has 4 heteroatoms. The molecule has 1 N–H and O–H groups in total. The summed E-state index contributed by atoms with van der Waals surface area (Å²) >= 11 is 0. The maximum Gasteiger partial charge on any atom is 0.505 e. The van der Waals surface area contributed by atoms with Crippen LogP contribution in [0.1, 0.15) is 58.3 Å². The minimum absolute atomic E-state index is 0. The summed E-state index contributed by atoms with van der Waals surface area (Å²) in [6.45, 7) is 2.22. The molecule has 0 aromatic carbocycles. The summed E-state index contributed by atoms with van der Waals surface area (Å²) in [6.07, 6.45) is 10.4. The molecule has 0 aromatic heterocycles. The summed E-state index contributed by atoms with van der Waals surface area (Å²) < 4.78 is 10.3. The molecular weight excluding hydrogens is 239 g/mol. The van der Waals surface area contributed by atoms with Crippen LogP contribution in [0.3, 0.4) is 0 Å². The number of rotatable bonds is 9. The average molecular weight is 261 g/mol. The largest absolute Gasteiger partial charge is 0.505 e. The van der Waals surface area contributed by atoms with Crippen LogP contribution in [0.15, 0.2) is 0 Å². The summed E-state index contributed by atoms with van der Waals surface area (Å²) in [5.41, 5.74) is 0. The molecule has 0 heterocycles. The van der Waals surface area contributed by atoms with Gasteiger partial charge in [0, 0.05) is 17.1 Å². The zero-order chi connectivity index (χ0) is 9.94. The first-order valence-electron chi connectivity index (χ1n) is 5.41. The summed E-state index contributed by atoms with van der Waals surface area (Å²) in [6, 6.07) is 0. The maximum atomic E-state index is 10.3. The van der Waals surface area contributed by atoms with Gasteiger partial charge in [-0.3, -0.25) is 0 Å². The SMILES string of the molecule is CCCCCCCCCC[P+](=O)O.[Fe]. The molecule has 0 rings (SSSR count). The van der Waals surface area contributed by atoms with Crippen LogP contribution in [0.4, 0.5) is 0 Å². The van der Waals surface area contributed by atoms with Crippen molar-refractivity contribution >= 4 is 8.03 Å². The van der Waals surface area contributed by atoms with Crippen molar-refractivity contribution in [1.82, 2.24) is 0 Å². The number of hydrogen-bond donors (Lipinski definition) is 1. The van der Waals surface area contributed by atoms with E-state index in [2.05, 4.69) is 6.92 Å². The second-order valence-corrected chi connectivity index (χ2v) is 4.70. The number of hydrogen-bond acceptors (Lipinski definition) is 1. The monoisotopic (exact) mass is 261 g/mol. The van der Waals surface area contributed by atoms with Crippen LogP contribution in [-0.4, -0.2) is 11.1 Å². The third kappa shape index (κ3) is 15.1. The third-order valence-electron chi connectivity index (χ3n) is 2.20. The van der Waals surface area contributed by atoms with Gasteiger partial charge in [-0.15, -0.1) is 0 Å². The van der Waals surface area contributed by atoms with Crippen molar-refractivity contribution in [3.63, 3.8) is 0 Å². The molecule has 0 bridgehead atoms. The van der Waals surface area contributed by atoms with Gasteiger partial charge in [0.25, 0.3) is 0 Å². The molecule has 0 fully saturated rings. The van der Waals surface area contributed by atoms with Crippen molar-refractivity contribution < 1.29 is 26.5 Å². The molecule has 0 spiro atoms. The Bertz CT molecular complexity index is 131. The van der Waals surface area contributed by atoms with Gasteiger partial charge in [0.2, 0.25) is 0 Å². The van der Waals surface area contributed by atoms with Gasteiger partial charge in [0.15, 0.2) is 6.16 Å². The Kier molecular flexibility index (Phi) is 16.5. The molecule has 2 nitrogen and oxygen atoms in total.